The van der Waals surface area contributed by atoms with Crippen molar-refractivity contribution >= 4 is 17.6 Å². The Kier molecular flexibility index (Phi) is 3.72. The number of hydrogen-bond donors (Lipinski definition) is 1. The van der Waals surface area contributed by atoms with Crippen molar-refractivity contribution < 1.29 is 10.0 Å². The summed E-state index contributed by atoms with van der Waals surface area (Å²) >= 11 is 0. The van der Waals surface area contributed by atoms with Gasteiger partial charge in [0.15, 0.2) is 0 Å². The van der Waals surface area contributed by atoms with Gasteiger partial charge >= 0.3 is 0 Å². The van der Waals surface area contributed by atoms with Crippen molar-refractivity contribution in [2.45, 2.75) is 0 Å². The summed E-state index contributed by atoms with van der Waals surface area (Å²) in [5.74, 6) is -0.316. The highest BCUT2D eigenvalue weighted by atomic mass is 16.6. The van der Waals surface area contributed by atoms with Crippen LogP contribution in [0.4, 0.5) is 11.4 Å². The quantitative estimate of drug-likeness (QED) is 0.515. The number of anilines is 1. The van der Waals surface area contributed by atoms with E-state index in [0.717, 1.165) is 11.8 Å². The van der Waals surface area contributed by atoms with Gasteiger partial charge < -0.3 is 5.11 Å². The van der Waals surface area contributed by atoms with Crippen molar-refractivity contribution in [3.05, 3.63) is 64.2 Å². The standard InChI is InChI=1S/C13H11N3O3/c17-13-7-6-12(16(18)19)8-10(13)9-14-15-11-4-2-1-3-5-11/h1-9,15,17H/p-1/b14-9-. The molecule has 0 aliphatic rings. The fourth-order valence-corrected chi connectivity index (χ4v) is 1.44. The highest BCUT2D eigenvalue weighted by molar-refractivity contribution is 5.84. The van der Waals surface area contributed by atoms with Gasteiger partial charge in [0.05, 0.1) is 16.8 Å². The van der Waals surface area contributed by atoms with Gasteiger partial charge in [0.25, 0.3) is 5.69 Å². The van der Waals surface area contributed by atoms with Crippen molar-refractivity contribution in [2.75, 3.05) is 5.43 Å². The summed E-state index contributed by atoms with van der Waals surface area (Å²) in [6, 6.07) is 12.7. The van der Waals surface area contributed by atoms with Crippen LogP contribution in [0.25, 0.3) is 0 Å². The lowest BCUT2D eigenvalue weighted by Crippen LogP contribution is -1.99. The van der Waals surface area contributed by atoms with Crippen molar-refractivity contribution in [2.24, 2.45) is 5.10 Å². The molecule has 0 radical (unpaired) electrons. The lowest BCUT2D eigenvalue weighted by molar-refractivity contribution is -0.385. The minimum atomic E-state index is -0.554. The van der Waals surface area contributed by atoms with Gasteiger partial charge in [-0.3, -0.25) is 15.5 Å². The maximum atomic E-state index is 11.5. The van der Waals surface area contributed by atoms with Gasteiger partial charge in [-0.05, 0) is 17.7 Å². The third-order valence-corrected chi connectivity index (χ3v) is 2.38. The Morgan fingerprint density at radius 2 is 1.89 bits per heavy atom. The monoisotopic (exact) mass is 256 g/mol. The lowest BCUT2D eigenvalue weighted by Gasteiger charge is -2.08. The number of para-hydroxylation sites is 1. The molecule has 0 aromatic heterocycles. The molecule has 19 heavy (non-hydrogen) atoms. The Morgan fingerprint density at radius 3 is 2.58 bits per heavy atom. The Morgan fingerprint density at radius 1 is 1.16 bits per heavy atom. The number of benzene rings is 2. The average molecular weight is 256 g/mol. The summed E-state index contributed by atoms with van der Waals surface area (Å²) in [4.78, 5) is 10.0. The van der Waals surface area contributed by atoms with Crippen LogP contribution in [0.5, 0.6) is 5.75 Å². The molecular formula is C13H10N3O3-. The predicted molar refractivity (Wildman–Crippen MR) is 70.2 cm³/mol. The molecule has 0 heterocycles. The van der Waals surface area contributed by atoms with E-state index in [4.69, 9.17) is 0 Å². The van der Waals surface area contributed by atoms with Gasteiger partial charge in [-0.2, -0.15) is 5.10 Å². The van der Waals surface area contributed by atoms with E-state index in [-0.39, 0.29) is 17.0 Å². The van der Waals surface area contributed by atoms with Crippen molar-refractivity contribution in [3.8, 4) is 5.75 Å². The number of non-ortho nitro benzene ring substituents is 1. The molecule has 96 valence electrons. The molecule has 1 N–H and O–H groups in total. The van der Waals surface area contributed by atoms with E-state index in [0.29, 0.717) is 0 Å². The van der Waals surface area contributed by atoms with Gasteiger partial charge in [-0.15, -0.1) is 0 Å². The first-order valence-electron chi connectivity index (χ1n) is 5.46. The smallest absolute Gasteiger partial charge is 0.270 e. The Hall–Kier alpha value is -2.89. The second kappa shape index (κ2) is 5.63. The molecule has 0 unspecified atom stereocenters. The summed E-state index contributed by atoms with van der Waals surface area (Å²) in [6.07, 6.45) is 1.27. The normalized spacial score (nSPS) is 10.5. The molecule has 0 saturated heterocycles. The van der Waals surface area contributed by atoms with Crippen LogP contribution in [0.2, 0.25) is 0 Å². The van der Waals surface area contributed by atoms with E-state index in [1.54, 1.807) is 0 Å². The zero-order chi connectivity index (χ0) is 13.7. The van der Waals surface area contributed by atoms with E-state index in [1.165, 1.54) is 18.3 Å². The molecular weight excluding hydrogens is 246 g/mol. The molecule has 0 fully saturated rings. The highest BCUT2D eigenvalue weighted by Crippen LogP contribution is 2.19. The molecule has 0 bridgehead atoms. The molecule has 0 amide bonds. The van der Waals surface area contributed by atoms with Crippen molar-refractivity contribution in [1.29, 1.82) is 0 Å². The van der Waals surface area contributed by atoms with Crippen LogP contribution < -0.4 is 10.5 Å². The van der Waals surface area contributed by atoms with E-state index in [1.807, 2.05) is 30.3 Å². The lowest BCUT2D eigenvalue weighted by atomic mass is 10.2. The molecule has 2 aromatic carbocycles. The van der Waals surface area contributed by atoms with Crippen LogP contribution in [-0.2, 0) is 0 Å². The van der Waals surface area contributed by atoms with Crippen LogP contribution in [0.1, 0.15) is 5.56 Å². The molecule has 6 heteroatoms. The first kappa shape index (κ1) is 12.6. The number of rotatable bonds is 4. The van der Waals surface area contributed by atoms with E-state index in [2.05, 4.69) is 10.5 Å². The van der Waals surface area contributed by atoms with Crippen molar-refractivity contribution in [3.63, 3.8) is 0 Å². The average Bonchev–Trinajstić information content (AvgIpc) is 2.42. The third-order valence-electron chi connectivity index (χ3n) is 2.38. The second-order valence-corrected chi connectivity index (χ2v) is 3.72. The summed E-state index contributed by atoms with van der Waals surface area (Å²) in [7, 11) is 0. The van der Waals surface area contributed by atoms with Crippen LogP contribution in [-0.4, -0.2) is 11.1 Å². The van der Waals surface area contributed by atoms with E-state index in [9.17, 15) is 15.2 Å². The zero-order valence-electron chi connectivity index (χ0n) is 9.82. The highest BCUT2D eigenvalue weighted by Gasteiger charge is 2.05. The Balaban J connectivity index is 2.14. The van der Waals surface area contributed by atoms with Crippen LogP contribution in [0.3, 0.4) is 0 Å². The maximum absolute atomic E-state index is 11.5. The Labute approximate surface area is 109 Å². The first-order chi connectivity index (χ1) is 9.16. The third kappa shape index (κ3) is 3.29. The SMILES string of the molecule is O=[N+]([O-])c1ccc([O-])c(/C=N\Nc2ccccc2)c1. The van der Waals surface area contributed by atoms with Gasteiger partial charge in [0, 0.05) is 12.1 Å². The summed E-state index contributed by atoms with van der Waals surface area (Å²) in [5, 5.41) is 26.0. The number of hydrazone groups is 1. The van der Waals surface area contributed by atoms with Crippen LogP contribution in [0.15, 0.2) is 53.6 Å². The fourth-order valence-electron chi connectivity index (χ4n) is 1.44. The van der Waals surface area contributed by atoms with Gasteiger partial charge in [0.2, 0.25) is 0 Å². The molecule has 0 atom stereocenters. The summed E-state index contributed by atoms with van der Waals surface area (Å²) in [6.45, 7) is 0. The first-order valence-corrected chi connectivity index (χ1v) is 5.46. The summed E-state index contributed by atoms with van der Waals surface area (Å²) < 4.78 is 0. The molecule has 2 rings (SSSR count). The van der Waals surface area contributed by atoms with Crippen LogP contribution >= 0.6 is 0 Å². The van der Waals surface area contributed by atoms with Gasteiger partial charge in [-0.25, -0.2) is 0 Å². The zero-order valence-corrected chi connectivity index (χ0v) is 9.82. The predicted octanol–water partition coefficient (Wildman–Crippen LogP) is 2.11. The Bertz CT molecular complexity index is 612. The summed E-state index contributed by atoms with van der Waals surface area (Å²) in [5.41, 5.74) is 3.52. The molecule has 0 aliphatic carbocycles. The van der Waals surface area contributed by atoms with Gasteiger partial charge in [0.1, 0.15) is 0 Å². The molecule has 2 aromatic rings. The number of nitrogens with zero attached hydrogens (tertiary/aromatic N) is 2. The van der Waals surface area contributed by atoms with Crippen molar-refractivity contribution in [1.82, 2.24) is 0 Å². The fraction of sp³-hybridized carbons (Fsp3) is 0. The number of nitro benzene ring substituents is 1. The molecule has 0 saturated carbocycles. The molecule has 6 nitrogen and oxygen atoms in total. The maximum Gasteiger partial charge on any atom is 0.270 e. The molecule has 0 aliphatic heterocycles. The van der Waals surface area contributed by atoms with Gasteiger partial charge in [-0.1, -0.05) is 30.0 Å². The van der Waals surface area contributed by atoms with E-state index < -0.39 is 4.92 Å². The molecule has 0 spiro atoms. The second-order valence-electron chi connectivity index (χ2n) is 3.72. The minimum Gasteiger partial charge on any atom is -0.872 e. The number of nitrogens with one attached hydrogen (secondary N) is 1. The van der Waals surface area contributed by atoms with E-state index >= 15 is 0 Å². The number of nitro groups is 1. The van der Waals surface area contributed by atoms with Crippen LogP contribution in [0, 0.1) is 10.1 Å². The number of hydrogen-bond acceptors (Lipinski definition) is 5. The largest absolute Gasteiger partial charge is 0.872 e. The topological polar surface area (TPSA) is 90.6 Å². The minimum absolute atomic E-state index is 0.138.